The van der Waals surface area contributed by atoms with Gasteiger partial charge in [0.2, 0.25) is 0 Å². The Morgan fingerprint density at radius 2 is 1.03 bits per heavy atom. The molecule has 7 rings (SSSR count). The van der Waals surface area contributed by atoms with E-state index >= 15 is 0 Å². The summed E-state index contributed by atoms with van der Waals surface area (Å²) in [4.78, 5) is 64.8. The van der Waals surface area contributed by atoms with E-state index in [0.717, 1.165) is 27.8 Å². The molecule has 1 amide bonds. The molecular weight excluding hydrogens is 906 g/mol. The number of nitro benzene ring substituents is 1. The topological polar surface area (TPSA) is 208 Å². The van der Waals surface area contributed by atoms with Gasteiger partial charge in [0.15, 0.2) is 0 Å². The van der Waals surface area contributed by atoms with Crippen LogP contribution in [0.3, 0.4) is 0 Å². The summed E-state index contributed by atoms with van der Waals surface area (Å²) < 4.78 is 49.0. The van der Waals surface area contributed by atoms with Crippen molar-refractivity contribution in [2.75, 3.05) is 13.2 Å². The first kappa shape index (κ1) is 49.4. The van der Waals surface area contributed by atoms with E-state index < -0.39 is 62.0 Å². The van der Waals surface area contributed by atoms with Crippen molar-refractivity contribution in [1.82, 2.24) is 10.4 Å². The van der Waals surface area contributed by atoms with Crippen LogP contribution >= 0.6 is 7.75 Å². The maximum atomic E-state index is 14.8. The summed E-state index contributed by atoms with van der Waals surface area (Å²) in [6.45, 7) is -1.28. The largest absolute Gasteiger partial charge is 0.461 e. The van der Waals surface area contributed by atoms with Crippen LogP contribution in [0.4, 0.5) is 10.5 Å². The number of nitrogens with zero attached hydrogens (tertiary/aromatic N) is 1. The summed E-state index contributed by atoms with van der Waals surface area (Å²) in [7, 11) is -4.65. The predicted molar refractivity (Wildman–Crippen MR) is 253 cm³/mol. The van der Waals surface area contributed by atoms with Gasteiger partial charge < -0.3 is 24.3 Å². The van der Waals surface area contributed by atoms with Crippen molar-refractivity contribution < 1.29 is 56.7 Å². The minimum absolute atomic E-state index is 0.0187. The number of hydrogen-bond donors (Lipinski definition) is 2. The number of benzene rings is 6. The molecule has 0 spiro atoms. The van der Waals surface area contributed by atoms with Crippen molar-refractivity contribution in [2.45, 2.75) is 63.7 Å². The number of non-ortho nitro benzene ring substituents is 1. The van der Waals surface area contributed by atoms with Crippen molar-refractivity contribution in [2.24, 2.45) is 0 Å². The molecule has 1 aliphatic carbocycles. The molecule has 3 unspecified atom stereocenters. The molecule has 6 aromatic rings. The Morgan fingerprint density at radius 1 is 0.551 bits per heavy atom. The quantitative estimate of drug-likeness (QED) is 0.0190. The number of rotatable bonds is 24. The zero-order valence-corrected chi connectivity index (χ0v) is 38.3. The molecule has 0 aromatic heterocycles. The highest BCUT2D eigenvalue weighted by Crippen LogP contribution is 2.47. The minimum atomic E-state index is -4.65. The Hall–Kier alpha value is -7.49. The molecule has 356 valence electrons. The number of carbonyl (C=O) groups excluding carboxylic acids is 4. The third kappa shape index (κ3) is 14.5. The van der Waals surface area contributed by atoms with Gasteiger partial charge in [-0.15, -0.1) is 0 Å². The Morgan fingerprint density at radius 3 is 1.57 bits per heavy atom. The molecular formula is C52H50N3O13P. The number of amides is 1. The second-order valence-corrected chi connectivity index (χ2v) is 17.7. The second-order valence-electron chi connectivity index (χ2n) is 15.9. The molecule has 1 aliphatic rings. The molecule has 0 heterocycles. The maximum Gasteiger partial charge on any atom is 0.407 e. The molecule has 0 bridgehead atoms. The number of ether oxygens (including phenoxy) is 4. The molecule has 17 heteroatoms. The van der Waals surface area contributed by atoms with Crippen LogP contribution in [0.1, 0.15) is 58.6 Å². The first-order valence-electron chi connectivity index (χ1n) is 22.2. The molecule has 0 aliphatic heterocycles. The van der Waals surface area contributed by atoms with Crippen LogP contribution in [-0.4, -0.2) is 54.2 Å². The number of nitro groups is 1. The third-order valence-electron chi connectivity index (χ3n) is 11.1. The first-order valence-corrected chi connectivity index (χ1v) is 23.7. The van der Waals surface area contributed by atoms with Crippen molar-refractivity contribution >= 4 is 37.4 Å². The molecule has 6 aromatic carbocycles. The molecule has 2 N–H and O–H groups in total. The molecule has 69 heavy (non-hydrogen) atoms. The normalized spacial score (nSPS) is 13.4. The molecule has 3 atom stereocenters. The Bertz CT molecular complexity index is 2680. The van der Waals surface area contributed by atoms with Crippen LogP contribution in [0, 0.1) is 10.1 Å². The number of hydrogen-bond acceptors (Lipinski definition) is 13. The molecule has 0 saturated carbocycles. The Balaban J connectivity index is 1.07. The SMILES string of the molecule is O=C(CCC(NP(=O)(OCCC(NC(=O)OCC1c2ccccc2-c2ccccc21)C(=O)OCc1ccccc1)OCc1ccc([N+](=O)[O-])cc1)C(=O)OCc1ccccc1)OCc1ccccc1. The monoisotopic (exact) mass is 955 g/mol. The van der Waals surface area contributed by atoms with Gasteiger partial charge in [-0.25, -0.2) is 19.2 Å². The Labute approximate surface area is 398 Å². The fraction of sp³-hybridized carbons (Fsp3) is 0.231. The van der Waals surface area contributed by atoms with Gasteiger partial charge in [-0.1, -0.05) is 140 Å². The highest BCUT2D eigenvalue weighted by Gasteiger charge is 2.35. The van der Waals surface area contributed by atoms with Gasteiger partial charge >= 0.3 is 31.7 Å². The van der Waals surface area contributed by atoms with Gasteiger partial charge in [0.1, 0.15) is 38.5 Å². The van der Waals surface area contributed by atoms with Crippen LogP contribution < -0.4 is 10.4 Å². The number of carbonyl (C=O) groups is 4. The third-order valence-corrected chi connectivity index (χ3v) is 12.7. The summed E-state index contributed by atoms with van der Waals surface area (Å²) in [5, 5.41) is 16.6. The predicted octanol–water partition coefficient (Wildman–Crippen LogP) is 9.50. The van der Waals surface area contributed by atoms with Gasteiger partial charge in [-0.2, -0.15) is 0 Å². The second kappa shape index (κ2) is 24.5. The van der Waals surface area contributed by atoms with E-state index in [4.69, 9.17) is 28.0 Å². The first-order chi connectivity index (χ1) is 33.5. The summed E-state index contributed by atoms with van der Waals surface area (Å²) in [6, 6.07) is 44.8. The van der Waals surface area contributed by atoms with E-state index in [-0.39, 0.29) is 57.3 Å². The van der Waals surface area contributed by atoms with Crippen LogP contribution in [0.2, 0.25) is 0 Å². The van der Waals surface area contributed by atoms with E-state index in [1.54, 1.807) is 78.9 Å². The Kier molecular flexibility index (Phi) is 17.6. The summed E-state index contributed by atoms with van der Waals surface area (Å²) in [5.74, 6) is -2.66. The number of fused-ring (bicyclic) bond motifs is 3. The average Bonchev–Trinajstić information content (AvgIpc) is 3.70. The van der Waals surface area contributed by atoms with Crippen LogP contribution in [0.15, 0.2) is 164 Å². The number of nitrogens with one attached hydrogen (secondary N) is 2. The summed E-state index contributed by atoms with van der Waals surface area (Å²) >= 11 is 0. The number of alkyl carbamates (subject to hydrolysis) is 1. The van der Waals surface area contributed by atoms with E-state index in [1.807, 2.05) is 60.7 Å². The highest BCUT2D eigenvalue weighted by atomic mass is 31.2. The number of esters is 3. The van der Waals surface area contributed by atoms with E-state index in [2.05, 4.69) is 10.4 Å². The minimum Gasteiger partial charge on any atom is -0.461 e. The van der Waals surface area contributed by atoms with Crippen LogP contribution in [0.25, 0.3) is 11.1 Å². The molecule has 0 fully saturated rings. The molecule has 0 radical (unpaired) electrons. The fourth-order valence-electron chi connectivity index (χ4n) is 7.46. The maximum absolute atomic E-state index is 14.8. The van der Waals surface area contributed by atoms with E-state index in [1.165, 1.54) is 24.3 Å². The lowest BCUT2D eigenvalue weighted by atomic mass is 9.98. The summed E-state index contributed by atoms with van der Waals surface area (Å²) in [6.07, 6.45) is -1.83. The van der Waals surface area contributed by atoms with Gasteiger partial charge in [0.05, 0.1) is 18.1 Å². The average molecular weight is 956 g/mol. The zero-order chi connectivity index (χ0) is 48.4. The molecule has 16 nitrogen and oxygen atoms in total. The van der Waals surface area contributed by atoms with Crippen molar-refractivity contribution in [3.8, 4) is 11.1 Å². The molecule has 0 saturated heterocycles. The zero-order valence-electron chi connectivity index (χ0n) is 37.4. The highest BCUT2D eigenvalue weighted by molar-refractivity contribution is 7.51. The van der Waals surface area contributed by atoms with Gasteiger partial charge in [-0.3, -0.25) is 28.8 Å². The van der Waals surface area contributed by atoms with Crippen molar-refractivity contribution in [1.29, 1.82) is 0 Å². The van der Waals surface area contributed by atoms with E-state index in [9.17, 15) is 33.9 Å². The van der Waals surface area contributed by atoms with Gasteiger partial charge in [-0.05, 0) is 63.1 Å². The van der Waals surface area contributed by atoms with Crippen LogP contribution in [0.5, 0.6) is 0 Å². The standard InChI is InChI=1S/C52H50N3O13P/c56-49(63-32-37-14-4-1-5-15-37)29-28-48(51(58)65-34-39-18-8-3-9-19-39)54-69(62,68-35-40-24-26-41(27-25-40)55(60)61)67-31-30-47(50(57)64-33-38-16-6-2-7-17-38)53-52(59)66-36-46-44-22-12-10-20-42(44)43-21-11-13-23-45(43)46/h1-27,46-48H,28-36H2,(H,53,59)(H,54,62). The van der Waals surface area contributed by atoms with Crippen molar-refractivity contribution in [3.05, 3.63) is 207 Å². The lowest BCUT2D eigenvalue weighted by Gasteiger charge is -2.25. The van der Waals surface area contributed by atoms with Crippen LogP contribution in [-0.2, 0) is 73.4 Å². The lowest BCUT2D eigenvalue weighted by Crippen LogP contribution is -2.43. The van der Waals surface area contributed by atoms with Gasteiger partial charge in [0, 0.05) is 30.9 Å². The van der Waals surface area contributed by atoms with Gasteiger partial charge in [0.25, 0.3) is 5.69 Å². The fourth-order valence-corrected chi connectivity index (χ4v) is 8.97. The lowest BCUT2D eigenvalue weighted by molar-refractivity contribution is -0.384. The van der Waals surface area contributed by atoms with Crippen molar-refractivity contribution in [3.63, 3.8) is 0 Å². The van der Waals surface area contributed by atoms with E-state index in [0.29, 0.717) is 16.7 Å². The smallest absolute Gasteiger partial charge is 0.407 e. The summed E-state index contributed by atoms with van der Waals surface area (Å²) in [5.41, 5.74) is 6.30.